The number of fused-ring (bicyclic) bond motifs is 1. The average Bonchev–Trinajstić information content (AvgIpc) is 3.15. The summed E-state index contributed by atoms with van der Waals surface area (Å²) in [5, 5.41) is 4.14. The van der Waals surface area contributed by atoms with Gasteiger partial charge in [-0.2, -0.15) is 0 Å². The minimum Gasteiger partial charge on any atom is -0.383 e. The monoisotopic (exact) mass is 409 g/mol. The fraction of sp³-hybridized carbons (Fsp3) is 0.348. The molecule has 0 unspecified atom stereocenters. The third kappa shape index (κ3) is 5.08. The van der Waals surface area contributed by atoms with Crippen molar-refractivity contribution in [1.82, 2.24) is 9.88 Å². The van der Waals surface area contributed by atoms with Crippen molar-refractivity contribution in [2.75, 3.05) is 32.5 Å². The van der Waals surface area contributed by atoms with Gasteiger partial charge >= 0.3 is 0 Å². The molecule has 0 atom stereocenters. The summed E-state index contributed by atoms with van der Waals surface area (Å²) in [6, 6.07) is 12.2. The van der Waals surface area contributed by atoms with Crippen molar-refractivity contribution in [1.29, 1.82) is 0 Å². The van der Waals surface area contributed by atoms with Crippen molar-refractivity contribution < 1.29 is 9.59 Å². The maximum atomic E-state index is 12.4. The number of Topliss-reactive ketones (excluding diaryl/α,β-unsaturated/α-hetero) is 1. The van der Waals surface area contributed by atoms with Gasteiger partial charge in [0.15, 0.2) is 6.29 Å². The summed E-state index contributed by atoms with van der Waals surface area (Å²) in [7, 11) is 3.98. The summed E-state index contributed by atoms with van der Waals surface area (Å²) >= 11 is 1.46. The lowest BCUT2D eigenvalue weighted by Crippen LogP contribution is -2.21. The van der Waals surface area contributed by atoms with Crippen LogP contribution in [0.1, 0.15) is 35.7 Å². The number of ketones is 1. The Hall–Kier alpha value is -2.57. The predicted molar refractivity (Wildman–Crippen MR) is 121 cm³/mol. The van der Waals surface area contributed by atoms with E-state index < -0.39 is 5.78 Å². The van der Waals surface area contributed by atoms with Crippen LogP contribution in [0.2, 0.25) is 0 Å². The number of carbonyl (C=O) groups excluding carboxylic acids is 2. The van der Waals surface area contributed by atoms with Crippen LogP contribution in [0.25, 0.3) is 20.8 Å². The van der Waals surface area contributed by atoms with E-state index in [0.29, 0.717) is 24.1 Å². The van der Waals surface area contributed by atoms with Gasteiger partial charge in [-0.05, 0) is 44.6 Å². The molecule has 0 amide bonds. The second-order valence-corrected chi connectivity index (χ2v) is 8.37. The Bertz CT molecular complexity index is 993. The van der Waals surface area contributed by atoms with Gasteiger partial charge in [0, 0.05) is 24.3 Å². The Morgan fingerprint density at radius 3 is 2.59 bits per heavy atom. The number of hydrogen-bond acceptors (Lipinski definition) is 6. The van der Waals surface area contributed by atoms with Crippen LogP contribution in [0, 0.1) is 0 Å². The van der Waals surface area contributed by atoms with Gasteiger partial charge < -0.3 is 10.2 Å². The van der Waals surface area contributed by atoms with E-state index in [-0.39, 0.29) is 0 Å². The molecule has 0 fully saturated rings. The molecule has 0 radical (unpaired) electrons. The minimum absolute atomic E-state index is 0.383. The molecule has 5 nitrogen and oxygen atoms in total. The zero-order valence-electron chi connectivity index (χ0n) is 17.2. The maximum absolute atomic E-state index is 12.4. The number of aromatic nitrogens is 1. The van der Waals surface area contributed by atoms with E-state index in [2.05, 4.69) is 41.4 Å². The molecular weight excluding hydrogens is 382 g/mol. The number of thiazole rings is 1. The van der Waals surface area contributed by atoms with Crippen molar-refractivity contribution in [3.63, 3.8) is 0 Å². The van der Waals surface area contributed by atoms with E-state index in [1.807, 2.05) is 26.2 Å². The van der Waals surface area contributed by atoms with Crippen LogP contribution in [-0.4, -0.2) is 49.1 Å². The van der Waals surface area contributed by atoms with Crippen molar-refractivity contribution >= 4 is 39.3 Å². The number of likely N-dealkylation sites (N-methyl/N-ethyl adjacent to an activating group) is 1. The number of anilines is 1. The van der Waals surface area contributed by atoms with Crippen LogP contribution < -0.4 is 5.32 Å². The molecule has 2 aromatic carbocycles. The largest absolute Gasteiger partial charge is 0.383 e. The smallest absolute Gasteiger partial charge is 0.228 e. The number of nitrogens with zero attached hydrogens (tertiary/aromatic N) is 2. The number of hydrogen-bond donors (Lipinski definition) is 1. The normalized spacial score (nSPS) is 11.2. The molecule has 0 saturated heterocycles. The Morgan fingerprint density at radius 1 is 1.17 bits per heavy atom. The molecule has 0 bridgehead atoms. The lowest BCUT2D eigenvalue weighted by atomic mass is 10.1. The van der Waals surface area contributed by atoms with Crippen LogP contribution in [0.5, 0.6) is 0 Å². The quantitative estimate of drug-likeness (QED) is 0.300. The molecule has 0 spiro atoms. The average molecular weight is 410 g/mol. The van der Waals surface area contributed by atoms with Gasteiger partial charge in [-0.1, -0.05) is 37.6 Å². The highest BCUT2D eigenvalue weighted by Gasteiger charge is 2.19. The number of unbranched alkanes of at least 4 members (excludes halogenated alkanes) is 1. The molecule has 152 valence electrons. The van der Waals surface area contributed by atoms with Crippen molar-refractivity contribution in [2.24, 2.45) is 0 Å². The van der Waals surface area contributed by atoms with Gasteiger partial charge in [0.05, 0.1) is 15.8 Å². The number of benzene rings is 2. The van der Waals surface area contributed by atoms with E-state index in [1.54, 1.807) is 0 Å². The molecule has 3 rings (SSSR count). The highest BCUT2D eigenvalue weighted by atomic mass is 32.1. The van der Waals surface area contributed by atoms with Crippen molar-refractivity contribution in [3.8, 4) is 10.6 Å². The summed E-state index contributed by atoms with van der Waals surface area (Å²) in [4.78, 5) is 30.5. The number of aryl methyl sites for hydroxylation is 1. The highest BCUT2D eigenvalue weighted by molar-refractivity contribution is 7.22. The van der Waals surface area contributed by atoms with Crippen LogP contribution >= 0.6 is 11.3 Å². The lowest BCUT2D eigenvalue weighted by molar-refractivity contribution is -0.104. The number of nitrogens with one attached hydrogen (secondary N) is 1. The first-order valence-corrected chi connectivity index (χ1v) is 10.8. The minimum atomic E-state index is -0.520. The fourth-order valence-corrected chi connectivity index (χ4v) is 4.30. The first-order chi connectivity index (χ1) is 14.0. The maximum Gasteiger partial charge on any atom is 0.228 e. The molecule has 6 heteroatoms. The van der Waals surface area contributed by atoms with E-state index in [0.717, 1.165) is 33.8 Å². The Balaban J connectivity index is 1.95. The van der Waals surface area contributed by atoms with E-state index in [4.69, 9.17) is 4.98 Å². The van der Waals surface area contributed by atoms with Crippen LogP contribution in [-0.2, 0) is 11.2 Å². The summed E-state index contributed by atoms with van der Waals surface area (Å²) < 4.78 is 0.752. The van der Waals surface area contributed by atoms with Crippen molar-refractivity contribution in [2.45, 2.75) is 26.2 Å². The Labute approximate surface area is 175 Å². The van der Waals surface area contributed by atoms with Gasteiger partial charge in [-0.3, -0.25) is 9.59 Å². The standard InChI is InChI=1S/C23H27N3O2S/c1-4-5-6-16-7-9-17(10-8-16)23-25-19-12-11-18(24-13-14-26(2)3)21(20(28)15-27)22(19)29-23/h7-12,15,24H,4-6,13-14H2,1-3H3. The van der Waals surface area contributed by atoms with E-state index in [9.17, 15) is 9.59 Å². The molecule has 29 heavy (non-hydrogen) atoms. The zero-order valence-corrected chi connectivity index (χ0v) is 18.0. The number of aldehydes is 1. The first kappa shape index (κ1) is 21.1. The van der Waals surface area contributed by atoms with Gasteiger partial charge in [0.2, 0.25) is 5.78 Å². The molecule has 1 N–H and O–H groups in total. The van der Waals surface area contributed by atoms with Crippen LogP contribution in [0.15, 0.2) is 36.4 Å². The predicted octanol–water partition coefficient (Wildman–Crippen LogP) is 4.66. The third-order valence-electron chi connectivity index (χ3n) is 4.81. The van der Waals surface area contributed by atoms with Crippen LogP contribution in [0.3, 0.4) is 0 Å². The molecule has 0 aliphatic carbocycles. The Kier molecular flexibility index (Phi) is 7.12. The molecule has 0 aliphatic rings. The molecule has 0 saturated carbocycles. The van der Waals surface area contributed by atoms with Gasteiger partial charge in [0.25, 0.3) is 0 Å². The summed E-state index contributed by atoms with van der Waals surface area (Å²) in [6.07, 6.45) is 3.82. The topological polar surface area (TPSA) is 62.3 Å². The van der Waals surface area contributed by atoms with Crippen molar-refractivity contribution in [3.05, 3.63) is 47.5 Å². The number of rotatable bonds is 10. The molecule has 0 aliphatic heterocycles. The molecule has 1 heterocycles. The molecule has 3 aromatic rings. The van der Waals surface area contributed by atoms with Gasteiger partial charge in [0.1, 0.15) is 5.01 Å². The summed E-state index contributed by atoms with van der Waals surface area (Å²) in [5.74, 6) is -0.520. The van der Waals surface area contributed by atoms with Gasteiger partial charge in [-0.25, -0.2) is 4.98 Å². The second kappa shape index (κ2) is 9.76. The van der Waals surface area contributed by atoms with Gasteiger partial charge in [-0.15, -0.1) is 11.3 Å². The summed E-state index contributed by atoms with van der Waals surface area (Å²) in [6.45, 7) is 3.70. The van der Waals surface area contributed by atoms with E-state index in [1.165, 1.54) is 29.7 Å². The lowest BCUT2D eigenvalue weighted by Gasteiger charge is -2.13. The van der Waals surface area contributed by atoms with E-state index >= 15 is 0 Å². The fourth-order valence-electron chi connectivity index (χ4n) is 3.18. The number of carbonyl (C=O) groups is 2. The SMILES string of the molecule is CCCCc1ccc(-c2nc3ccc(NCCN(C)C)c(C(=O)C=O)c3s2)cc1. The third-order valence-corrected chi connectivity index (χ3v) is 5.94. The molecular formula is C23H27N3O2S. The first-order valence-electron chi connectivity index (χ1n) is 9.94. The van der Waals surface area contributed by atoms with Crippen LogP contribution in [0.4, 0.5) is 5.69 Å². The highest BCUT2D eigenvalue weighted by Crippen LogP contribution is 2.35. The Morgan fingerprint density at radius 2 is 1.93 bits per heavy atom. The zero-order chi connectivity index (χ0) is 20.8. The summed E-state index contributed by atoms with van der Waals surface area (Å²) in [5.41, 5.74) is 4.18. The second-order valence-electron chi connectivity index (χ2n) is 7.37. The molecule has 1 aromatic heterocycles.